The lowest BCUT2D eigenvalue weighted by molar-refractivity contribution is -0.144. The van der Waals surface area contributed by atoms with Crippen LogP contribution in [0.2, 0.25) is 0 Å². The molecule has 1 aliphatic carbocycles. The first-order valence-electron chi connectivity index (χ1n) is 6.71. The van der Waals surface area contributed by atoms with E-state index in [4.69, 9.17) is 0 Å². The van der Waals surface area contributed by atoms with Gasteiger partial charge in [-0.05, 0) is 24.5 Å². The van der Waals surface area contributed by atoms with Gasteiger partial charge in [0.25, 0.3) is 0 Å². The molecule has 106 valence electrons. The summed E-state index contributed by atoms with van der Waals surface area (Å²) in [5, 5.41) is 2.65. The highest BCUT2D eigenvalue weighted by Gasteiger charge is 2.43. The summed E-state index contributed by atoms with van der Waals surface area (Å²) in [6.45, 7) is 5.69. The number of carbonyl (C=O) groups excluding carboxylic acids is 3. The molecule has 1 amide bonds. The lowest BCUT2D eigenvalue weighted by Gasteiger charge is -2.31. The van der Waals surface area contributed by atoms with Crippen LogP contribution in [0.1, 0.15) is 32.3 Å². The lowest BCUT2D eigenvalue weighted by atomic mass is 9.71. The maximum absolute atomic E-state index is 12.1. The highest BCUT2D eigenvalue weighted by atomic mass is 16.2. The third-order valence-electron chi connectivity index (χ3n) is 3.53. The minimum atomic E-state index is -1.15. The molecule has 0 unspecified atom stereocenters. The first-order chi connectivity index (χ1) is 9.28. The minimum Gasteiger partial charge on any atom is -0.325 e. The van der Waals surface area contributed by atoms with Gasteiger partial charge in [-0.15, -0.1) is 0 Å². The van der Waals surface area contributed by atoms with Gasteiger partial charge in [-0.2, -0.15) is 0 Å². The number of nitrogens with one attached hydrogen (secondary N) is 1. The molecule has 1 aliphatic rings. The number of ketones is 2. The van der Waals surface area contributed by atoms with Crippen LogP contribution in [0.15, 0.2) is 24.3 Å². The average molecular weight is 273 g/mol. The van der Waals surface area contributed by atoms with Crippen molar-refractivity contribution in [3.63, 3.8) is 0 Å². The number of benzene rings is 1. The highest BCUT2D eigenvalue weighted by Crippen LogP contribution is 2.34. The molecule has 0 aromatic heterocycles. The van der Waals surface area contributed by atoms with Crippen molar-refractivity contribution in [2.75, 3.05) is 5.32 Å². The van der Waals surface area contributed by atoms with Crippen molar-refractivity contribution >= 4 is 23.2 Å². The Morgan fingerprint density at radius 2 is 1.60 bits per heavy atom. The molecular formula is C16H19NO3. The number of rotatable bonds is 2. The van der Waals surface area contributed by atoms with E-state index in [2.05, 4.69) is 5.32 Å². The number of anilines is 1. The number of hydrogen-bond donors (Lipinski definition) is 1. The van der Waals surface area contributed by atoms with Crippen molar-refractivity contribution in [3.8, 4) is 0 Å². The standard InChI is InChI=1S/C16H19NO3/c1-10-4-6-11(7-5-10)17-15(20)14-12(18)8-16(2,3)9-13(14)19/h4-7,14H,8-9H2,1-3H3,(H,17,20). The molecule has 0 saturated heterocycles. The number of amides is 1. The van der Waals surface area contributed by atoms with Crippen molar-refractivity contribution in [2.45, 2.75) is 33.6 Å². The fourth-order valence-electron chi connectivity index (χ4n) is 2.53. The van der Waals surface area contributed by atoms with E-state index in [0.717, 1.165) is 5.56 Å². The van der Waals surface area contributed by atoms with Crippen LogP contribution in [0.5, 0.6) is 0 Å². The van der Waals surface area contributed by atoms with E-state index in [1.54, 1.807) is 12.1 Å². The van der Waals surface area contributed by atoms with Crippen molar-refractivity contribution in [2.24, 2.45) is 11.3 Å². The van der Waals surface area contributed by atoms with Gasteiger partial charge in [0, 0.05) is 18.5 Å². The van der Waals surface area contributed by atoms with Crippen LogP contribution in [0.3, 0.4) is 0 Å². The molecule has 0 heterocycles. The van der Waals surface area contributed by atoms with E-state index < -0.39 is 11.8 Å². The topological polar surface area (TPSA) is 63.2 Å². The zero-order valence-electron chi connectivity index (χ0n) is 12.0. The van der Waals surface area contributed by atoms with Gasteiger partial charge in [0.05, 0.1) is 0 Å². The molecule has 1 aromatic rings. The van der Waals surface area contributed by atoms with Crippen molar-refractivity contribution in [1.29, 1.82) is 0 Å². The maximum Gasteiger partial charge on any atom is 0.242 e. The molecule has 0 radical (unpaired) electrons. The average Bonchev–Trinajstić information content (AvgIpc) is 2.29. The summed E-state index contributed by atoms with van der Waals surface area (Å²) in [5.41, 5.74) is 1.34. The van der Waals surface area contributed by atoms with E-state index in [1.807, 2.05) is 32.9 Å². The Balaban J connectivity index is 2.11. The molecule has 4 nitrogen and oxygen atoms in total. The normalized spacial score (nSPS) is 18.9. The van der Waals surface area contributed by atoms with Gasteiger partial charge in [-0.3, -0.25) is 14.4 Å². The number of carbonyl (C=O) groups is 3. The summed E-state index contributed by atoms with van der Waals surface area (Å²) < 4.78 is 0. The Hall–Kier alpha value is -1.97. The largest absolute Gasteiger partial charge is 0.325 e. The van der Waals surface area contributed by atoms with Crippen molar-refractivity contribution < 1.29 is 14.4 Å². The molecule has 0 atom stereocenters. The SMILES string of the molecule is Cc1ccc(NC(=O)C2C(=O)CC(C)(C)CC2=O)cc1. The van der Waals surface area contributed by atoms with E-state index in [1.165, 1.54) is 0 Å². The number of hydrogen-bond acceptors (Lipinski definition) is 3. The van der Waals surface area contributed by atoms with E-state index >= 15 is 0 Å². The molecule has 0 spiro atoms. The zero-order valence-corrected chi connectivity index (χ0v) is 12.0. The van der Waals surface area contributed by atoms with Gasteiger partial charge in [-0.25, -0.2) is 0 Å². The zero-order chi connectivity index (χ0) is 14.9. The Kier molecular flexibility index (Phi) is 3.75. The molecule has 1 aromatic carbocycles. The summed E-state index contributed by atoms with van der Waals surface area (Å²) in [6, 6.07) is 7.25. The second kappa shape index (κ2) is 5.19. The Morgan fingerprint density at radius 1 is 1.10 bits per heavy atom. The third-order valence-corrected chi connectivity index (χ3v) is 3.53. The van der Waals surface area contributed by atoms with Crippen molar-refractivity contribution in [1.82, 2.24) is 0 Å². The van der Waals surface area contributed by atoms with E-state index in [9.17, 15) is 14.4 Å². The maximum atomic E-state index is 12.1. The molecule has 1 saturated carbocycles. The van der Waals surface area contributed by atoms with Crippen LogP contribution in [-0.4, -0.2) is 17.5 Å². The summed E-state index contributed by atoms with van der Waals surface area (Å²) >= 11 is 0. The first-order valence-corrected chi connectivity index (χ1v) is 6.71. The Labute approximate surface area is 118 Å². The van der Waals surface area contributed by atoms with Gasteiger partial charge in [0.2, 0.25) is 5.91 Å². The molecule has 0 bridgehead atoms. The van der Waals surface area contributed by atoms with Gasteiger partial charge < -0.3 is 5.32 Å². The van der Waals surface area contributed by atoms with Crippen molar-refractivity contribution in [3.05, 3.63) is 29.8 Å². The lowest BCUT2D eigenvalue weighted by Crippen LogP contribution is -2.44. The smallest absolute Gasteiger partial charge is 0.242 e. The summed E-state index contributed by atoms with van der Waals surface area (Å²) in [6.07, 6.45) is 0.537. The monoisotopic (exact) mass is 273 g/mol. The van der Waals surface area contributed by atoms with Crippen LogP contribution >= 0.6 is 0 Å². The summed E-state index contributed by atoms with van der Waals surface area (Å²) in [4.78, 5) is 36.2. The Morgan fingerprint density at radius 3 is 2.10 bits per heavy atom. The minimum absolute atomic E-state index is 0.269. The van der Waals surface area contributed by atoms with Gasteiger partial charge >= 0.3 is 0 Å². The molecule has 1 N–H and O–H groups in total. The predicted molar refractivity (Wildman–Crippen MR) is 76.3 cm³/mol. The van der Waals surface area contributed by atoms with Crippen LogP contribution in [0.25, 0.3) is 0 Å². The molecule has 2 rings (SSSR count). The van der Waals surface area contributed by atoms with Crippen LogP contribution in [0, 0.1) is 18.3 Å². The van der Waals surface area contributed by atoms with E-state index in [-0.39, 0.29) is 29.8 Å². The van der Waals surface area contributed by atoms with Gasteiger partial charge in [0.15, 0.2) is 17.5 Å². The predicted octanol–water partition coefficient (Wildman–Crippen LogP) is 2.51. The number of aryl methyl sites for hydroxylation is 1. The quantitative estimate of drug-likeness (QED) is 0.842. The summed E-state index contributed by atoms with van der Waals surface area (Å²) in [5.74, 6) is -2.23. The molecule has 4 heteroatoms. The second-order valence-electron chi connectivity index (χ2n) is 6.24. The highest BCUT2D eigenvalue weighted by molar-refractivity contribution is 6.23. The molecule has 1 fully saturated rings. The van der Waals surface area contributed by atoms with Crippen LogP contribution in [0.4, 0.5) is 5.69 Å². The van der Waals surface area contributed by atoms with Gasteiger partial charge in [0.1, 0.15) is 0 Å². The Bertz CT molecular complexity index is 538. The second-order valence-corrected chi connectivity index (χ2v) is 6.24. The number of Topliss-reactive ketones (excluding diaryl/α,β-unsaturated/α-hetero) is 2. The first kappa shape index (κ1) is 14.4. The third kappa shape index (κ3) is 3.13. The van der Waals surface area contributed by atoms with Crippen LogP contribution in [-0.2, 0) is 14.4 Å². The summed E-state index contributed by atoms with van der Waals surface area (Å²) in [7, 11) is 0. The van der Waals surface area contributed by atoms with E-state index in [0.29, 0.717) is 5.69 Å². The van der Waals surface area contributed by atoms with Gasteiger partial charge in [-0.1, -0.05) is 31.5 Å². The fraction of sp³-hybridized carbons (Fsp3) is 0.438. The molecule has 0 aliphatic heterocycles. The molecule has 20 heavy (non-hydrogen) atoms. The fourth-order valence-corrected chi connectivity index (χ4v) is 2.53. The van der Waals surface area contributed by atoms with Crippen LogP contribution < -0.4 is 5.32 Å². The molecular weight excluding hydrogens is 254 g/mol.